The van der Waals surface area contributed by atoms with E-state index in [4.69, 9.17) is 27.9 Å². The van der Waals surface area contributed by atoms with Gasteiger partial charge in [0.05, 0.1) is 0 Å². The van der Waals surface area contributed by atoms with Gasteiger partial charge in [0.15, 0.2) is 6.61 Å². The molecule has 30 heavy (non-hydrogen) atoms. The Morgan fingerprint density at radius 2 is 1.80 bits per heavy atom. The average molecular weight is 451 g/mol. The van der Waals surface area contributed by atoms with Gasteiger partial charge in [-0.15, -0.1) is 0 Å². The van der Waals surface area contributed by atoms with Gasteiger partial charge in [0, 0.05) is 23.1 Å². The van der Waals surface area contributed by atoms with Crippen LogP contribution in [0.25, 0.3) is 0 Å². The Morgan fingerprint density at radius 3 is 2.40 bits per heavy atom. The van der Waals surface area contributed by atoms with Crippen molar-refractivity contribution in [2.75, 3.05) is 13.2 Å². The third-order valence-corrected chi connectivity index (χ3v) is 5.35. The number of aryl methyl sites for hydroxylation is 1. The molecular weight excluding hydrogens is 423 g/mol. The number of nitrogens with zero attached hydrogens (tertiary/aromatic N) is 1. The predicted molar refractivity (Wildman–Crippen MR) is 121 cm³/mol. The Labute approximate surface area is 188 Å². The number of hydrogen-bond acceptors (Lipinski definition) is 3. The predicted octanol–water partition coefficient (Wildman–Crippen LogP) is 4.88. The van der Waals surface area contributed by atoms with Crippen molar-refractivity contribution in [3.05, 3.63) is 63.6 Å². The van der Waals surface area contributed by atoms with Crippen LogP contribution >= 0.6 is 23.2 Å². The number of ether oxygens (including phenoxy) is 1. The van der Waals surface area contributed by atoms with Gasteiger partial charge in [-0.1, -0.05) is 55.2 Å². The molecule has 162 valence electrons. The molecule has 0 aliphatic rings. The number of carbonyl (C=O) groups is 2. The molecule has 0 aliphatic carbocycles. The van der Waals surface area contributed by atoms with Crippen LogP contribution in [0.3, 0.4) is 0 Å². The molecule has 1 unspecified atom stereocenters. The van der Waals surface area contributed by atoms with Crippen LogP contribution in [0.15, 0.2) is 42.5 Å². The molecular formula is C23H28Cl2N2O3. The van der Waals surface area contributed by atoms with Crippen LogP contribution in [0.1, 0.15) is 38.3 Å². The summed E-state index contributed by atoms with van der Waals surface area (Å²) < 4.78 is 5.67. The van der Waals surface area contributed by atoms with Crippen molar-refractivity contribution < 1.29 is 14.3 Å². The van der Waals surface area contributed by atoms with Crippen molar-refractivity contribution >= 4 is 35.0 Å². The molecule has 1 atom stereocenters. The van der Waals surface area contributed by atoms with E-state index in [0.29, 0.717) is 27.9 Å². The third-order valence-electron chi connectivity index (χ3n) is 4.77. The topological polar surface area (TPSA) is 58.6 Å². The van der Waals surface area contributed by atoms with Crippen LogP contribution in [0, 0.1) is 0 Å². The maximum Gasteiger partial charge on any atom is 0.261 e. The lowest BCUT2D eigenvalue weighted by Gasteiger charge is -2.29. The van der Waals surface area contributed by atoms with Crippen LogP contribution in [0.2, 0.25) is 10.0 Å². The number of nitrogens with one attached hydrogen (secondary N) is 1. The number of hydrogen-bond donors (Lipinski definition) is 1. The second-order valence-corrected chi connectivity index (χ2v) is 7.85. The van der Waals surface area contributed by atoms with Gasteiger partial charge in [-0.25, -0.2) is 0 Å². The SMILES string of the molecule is CCCNC(=O)C(C)N(Cc1ccc(Cl)cc1Cl)C(=O)COc1ccc(CC)cc1. The highest BCUT2D eigenvalue weighted by molar-refractivity contribution is 6.35. The van der Waals surface area contributed by atoms with E-state index >= 15 is 0 Å². The van der Waals surface area contributed by atoms with Crippen LogP contribution in [0.4, 0.5) is 0 Å². The van der Waals surface area contributed by atoms with Gasteiger partial charge in [-0.2, -0.15) is 0 Å². The highest BCUT2D eigenvalue weighted by Gasteiger charge is 2.27. The van der Waals surface area contributed by atoms with E-state index < -0.39 is 6.04 Å². The summed E-state index contributed by atoms with van der Waals surface area (Å²) in [7, 11) is 0. The van der Waals surface area contributed by atoms with Gasteiger partial charge >= 0.3 is 0 Å². The van der Waals surface area contributed by atoms with Gasteiger partial charge in [-0.05, 0) is 55.2 Å². The third kappa shape index (κ3) is 6.92. The first-order valence-corrected chi connectivity index (χ1v) is 10.8. The Bertz CT molecular complexity index is 856. The molecule has 7 heteroatoms. The van der Waals surface area contributed by atoms with Gasteiger partial charge in [-0.3, -0.25) is 9.59 Å². The molecule has 5 nitrogen and oxygen atoms in total. The first-order chi connectivity index (χ1) is 14.3. The molecule has 0 fully saturated rings. The lowest BCUT2D eigenvalue weighted by Crippen LogP contribution is -2.49. The van der Waals surface area contributed by atoms with Crippen molar-refractivity contribution in [2.45, 2.75) is 46.2 Å². The minimum absolute atomic E-state index is 0.174. The molecule has 1 N–H and O–H groups in total. The molecule has 0 saturated heterocycles. The fraction of sp³-hybridized carbons (Fsp3) is 0.391. The van der Waals surface area contributed by atoms with Crippen molar-refractivity contribution in [3.63, 3.8) is 0 Å². The molecule has 0 heterocycles. The molecule has 0 spiro atoms. The summed E-state index contributed by atoms with van der Waals surface area (Å²) in [5.74, 6) is 0.0791. The Kier molecular flexibility index (Phi) is 9.47. The van der Waals surface area contributed by atoms with E-state index in [1.165, 1.54) is 10.5 Å². The molecule has 2 aromatic carbocycles. The Morgan fingerprint density at radius 1 is 1.10 bits per heavy atom. The van der Waals surface area contributed by atoms with E-state index in [2.05, 4.69) is 12.2 Å². The highest BCUT2D eigenvalue weighted by Crippen LogP contribution is 2.23. The van der Waals surface area contributed by atoms with Crippen molar-refractivity contribution in [2.24, 2.45) is 0 Å². The average Bonchev–Trinajstić information content (AvgIpc) is 2.75. The molecule has 2 rings (SSSR count). The van der Waals surface area contributed by atoms with E-state index in [9.17, 15) is 9.59 Å². The van der Waals surface area contributed by atoms with Crippen LogP contribution in [-0.2, 0) is 22.6 Å². The van der Waals surface area contributed by atoms with E-state index in [1.807, 2.05) is 31.2 Å². The van der Waals surface area contributed by atoms with Crippen molar-refractivity contribution in [3.8, 4) is 5.75 Å². The Balaban J connectivity index is 2.15. The zero-order chi connectivity index (χ0) is 22.1. The summed E-state index contributed by atoms with van der Waals surface area (Å²) in [6, 6.07) is 12.0. The number of rotatable bonds is 10. The summed E-state index contributed by atoms with van der Waals surface area (Å²) >= 11 is 12.3. The number of amides is 2. The lowest BCUT2D eigenvalue weighted by atomic mass is 10.1. The monoisotopic (exact) mass is 450 g/mol. The standard InChI is InChI=1S/C23H28Cl2N2O3/c1-4-12-26-23(29)16(3)27(14-18-8-9-19(24)13-21(18)25)22(28)15-30-20-10-6-17(5-2)7-11-20/h6-11,13,16H,4-5,12,14-15H2,1-3H3,(H,26,29). The second-order valence-electron chi connectivity index (χ2n) is 7.01. The fourth-order valence-corrected chi connectivity index (χ4v) is 3.33. The first-order valence-electron chi connectivity index (χ1n) is 10.1. The summed E-state index contributed by atoms with van der Waals surface area (Å²) in [6.45, 7) is 6.29. The number of halogens is 2. The molecule has 0 radical (unpaired) electrons. The minimum atomic E-state index is -0.679. The summed E-state index contributed by atoms with van der Waals surface area (Å²) in [4.78, 5) is 27.0. The normalized spacial score (nSPS) is 11.6. The Hall–Kier alpha value is -2.24. The van der Waals surface area contributed by atoms with Crippen LogP contribution in [0.5, 0.6) is 5.75 Å². The molecule has 0 aliphatic heterocycles. The smallest absolute Gasteiger partial charge is 0.261 e. The first kappa shape index (κ1) is 24.0. The lowest BCUT2D eigenvalue weighted by molar-refractivity contribution is -0.142. The van der Waals surface area contributed by atoms with Crippen molar-refractivity contribution in [1.29, 1.82) is 0 Å². The van der Waals surface area contributed by atoms with Gasteiger partial charge in [0.2, 0.25) is 5.91 Å². The quantitative estimate of drug-likeness (QED) is 0.560. The van der Waals surface area contributed by atoms with Gasteiger partial charge in [0.1, 0.15) is 11.8 Å². The summed E-state index contributed by atoms with van der Waals surface area (Å²) in [5.41, 5.74) is 1.89. The molecule has 0 bridgehead atoms. The summed E-state index contributed by atoms with van der Waals surface area (Å²) in [5, 5.41) is 3.79. The minimum Gasteiger partial charge on any atom is -0.484 e. The molecule has 0 aromatic heterocycles. The van der Waals surface area contributed by atoms with Crippen molar-refractivity contribution in [1.82, 2.24) is 10.2 Å². The van der Waals surface area contributed by atoms with E-state index in [-0.39, 0.29) is 25.0 Å². The maximum absolute atomic E-state index is 13.0. The summed E-state index contributed by atoms with van der Waals surface area (Å²) in [6.07, 6.45) is 1.74. The number of carbonyl (C=O) groups excluding carboxylic acids is 2. The van der Waals surface area contributed by atoms with Gasteiger partial charge < -0.3 is 15.0 Å². The maximum atomic E-state index is 13.0. The largest absolute Gasteiger partial charge is 0.484 e. The zero-order valence-corrected chi connectivity index (χ0v) is 19.1. The molecule has 2 aromatic rings. The van der Waals surface area contributed by atoms with Crippen LogP contribution in [-0.4, -0.2) is 35.9 Å². The van der Waals surface area contributed by atoms with E-state index in [1.54, 1.807) is 25.1 Å². The second kappa shape index (κ2) is 11.8. The number of benzene rings is 2. The van der Waals surface area contributed by atoms with E-state index in [0.717, 1.165) is 12.8 Å². The fourth-order valence-electron chi connectivity index (χ4n) is 2.86. The molecule has 0 saturated carbocycles. The van der Waals surface area contributed by atoms with Gasteiger partial charge in [0.25, 0.3) is 5.91 Å². The zero-order valence-electron chi connectivity index (χ0n) is 17.6. The molecule has 2 amide bonds. The van der Waals surface area contributed by atoms with Crippen LogP contribution < -0.4 is 10.1 Å². The highest BCUT2D eigenvalue weighted by atomic mass is 35.5.